The Bertz CT molecular complexity index is 1260. The fourth-order valence-electron chi connectivity index (χ4n) is 4.65. The van der Waals surface area contributed by atoms with Gasteiger partial charge < -0.3 is 20.4 Å². The molecule has 0 aliphatic carbocycles. The van der Waals surface area contributed by atoms with Gasteiger partial charge in [0.2, 0.25) is 0 Å². The number of carbonyl (C=O) groups excluding carboxylic acids is 1. The minimum Gasteiger partial charge on any atom is -0.488 e. The van der Waals surface area contributed by atoms with Crippen LogP contribution in [0.2, 0.25) is 0 Å². The molecule has 5 rings (SSSR count). The number of ether oxygens (including phenoxy) is 1. The van der Waals surface area contributed by atoms with Crippen molar-refractivity contribution >= 4 is 16.9 Å². The summed E-state index contributed by atoms with van der Waals surface area (Å²) in [6, 6.07) is 19.8. The van der Waals surface area contributed by atoms with Crippen molar-refractivity contribution in [2.75, 3.05) is 13.1 Å². The number of carbonyl (C=O) groups is 1. The van der Waals surface area contributed by atoms with Gasteiger partial charge in [-0.1, -0.05) is 36.4 Å². The number of benzene rings is 2. The molecule has 0 radical (unpaired) electrons. The van der Waals surface area contributed by atoms with E-state index in [0.29, 0.717) is 30.4 Å². The molecule has 3 heterocycles. The maximum Gasteiger partial charge on any atom is 0.252 e. The number of rotatable bonds is 7. The first-order chi connectivity index (χ1) is 16.2. The quantitative estimate of drug-likeness (QED) is 0.451. The van der Waals surface area contributed by atoms with Crippen LogP contribution < -0.4 is 15.8 Å². The van der Waals surface area contributed by atoms with Crippen LogP contribution >= 0.6 is 0 Å². The lowest BCUT2D eigenvalue weighted by molar-refractivity contribution is 0.0996. The normalized spacial score (nSPS) is 14.4. The van der Waals surface area contributed by atoms with Crippen molar-refractivity contribution < 1.29 is 9.53 Å². The summed E-state index contributed by atoms with van der Waals surface area (Å²) < 4.78 is 8.15. The van der Waals surface area contributed by atoms with Gasteiger partial charge in [-0.3, -0.25) is 4.79 Å². The zero-order chi connectivity index (χ0) is 22.6. The second kappa shape index (κ2) is 9.46. The number of fused-ring (bicyclic) bond motifs is 1. The number of aromatic nitrogens is 2. The lowest BCUT2D eigenvalue weighted by Crippen LogP contribution is -2.26. The molecule has 1 fully saturated rings. The standard InChI is InChI=1S/C27H28N4O2/c28-26(32)24-7-6-20(16-25(24)33-18-19-4-2-1-3-5-19)17-31-15-11-23-22(10-14-30-27(23)31)21-8-12-29-13-9-21/h1-7,10-11,14-16,21,29H,8-9,12-13,17-18H2,(H2,28,32). The zero-order valence-electron chi connectivity index (χ0n) is 18.5. The third-order valence-corrected chi connectivity index (χ3v) is 6.38. The summed E-state index contributed by atoms with van der Waals surface area (Å²) in [5.74, 6) is 0.577. The molecule has 0 atom stereocenters. The molecule has 6 nitrogen and oxygen atoms in total. The van der Waals surface area contributed by atoms with Crippen molar-refractivity contribution in [2.45, 2.75) is 31.9 Å². The van der Waals surface area contributed by atoms with Gasteiger partial charge in [0.05, 0.1) is 5.56 Å². The van der Waals surface area contributed by atoms with Gasteiger partial charge in [0.15, 0.2) is 0 Å². The molecule has 2 aromatic carbocycles. The summed E-state index contributed by atoms with van der Waals surface area (Å²) in [5.41, 5.74) is 10.4. The maximum atomic E-state index is 11.9. The van der Waals surface area contributed by atoms with Crippen molar-refractivity contribution in [1.29, 1.82) is 0 Å². The number of nitrogens with zero attached hydrogens (tertiary/aromatic N) is 2. The second-order valence-corrected chi connectivity index (χ2v) is 8.57. The van der Waals surface area contributed by atoms with E-state index in [1.54, 1.807) is 6.07 Å². The van der Waals surface area contributed by atoms with Crippen LogP contribution in [0.4, 0.5) is 0 Å². The van der Waals surface area contributed by atoms with E-state index >= 15 is 0 Å². The van der Waals surface area contributed by atoms with Crippen molar-refractivity contribution in [1.82, 2.24) is 14.9 Å². The van der Waals surface area contributed by atoms with Gasteiger partial charge in [0.1, 0.15) is 18.0 Å². The van der Waals surface area contributed by atoms with E-state index in [-0.39, 0.29) is 0 Å². The van der Waals surface area contributed by atoms with E-state index in [0.717, 1.165) is 42.7 Å². The van der Waals surface area contributed by atoms with Gasteiger partial charge in [0, 0.05) is 24.3 Å². The van der Waals surface area contributed by atoms with E-state index in [9.17, 15) is 4.79 Å². The number of primary amides is 1. The monoisotopic (exact) mass is 440 g/mol. The van der Waals surface area contributed by atoms with Crippen molar-refractivity contribution in [3.8, 4) is 5.75 Å². The van der Waals surface area contributed by atoms with E-state index in [4.69, 9.17) is 10.5 Å². The van der Waals surface area contributed by atoms with E-state index in [2.05, 4.69) is 33.2 Å². The lowest BCUT2D eigenvalue weighted by atomic mass is 9.89. The first-order valence-corrected chi connectivity index (χ1v) is 11.4. The van der Waals surface area contributed by atoms with Crippen LogP contribution in [0.1, 0.15) is 45.8 Å². The number of nitrogens with one attached hydrogen (secondary N) is 1. The number of amides is 1. The number of piperidine rings is 1. The summed E-state index contributed by atoms with van der Waals surface area (Å²) in [4.78, 5) is 16.6. The fraction of sp³-hybridized carbons (Fsp3) is 0.259. The third-order valence-electron chi connectivity index (χ3n) is 6.38. The Morgan fingerprint density at radius 1 is 1.06 bits per heavy atom. The fourth-order valence-corrected chi connectivity index (χ4v) is 4.65. The number of nitrogens with two attached hydrogens (primary N) is 1. The second-order valence-electron chi connectivity index (χ2n) is 8.57. The number of hydrogen-bond donors (Lipinski definition) is 2. The Hall–Kier alpha value is -3.64. The molecule has 1 aliphatic heterocycles. The van der Waals surface area contributed by atoms with E-state index in [1.807, 2.05) is 48.7 Å². The van der Waals surface area contributed by atoms with Crippen LogP contribution in [-0.2, 0) is 13.2 Å². The molecule has 6 heteroatoms. The van der Waals surface area contributed by atoms with Crippen molar-refractivity contribution in [3.05, 3.63) is 95.3 Å². The molecule has 0 unspecified atom stereocenters. The van der Waals surface area contributed by atoms with Gasteiger partial charge in [-0.25, -0.2) is 4.98 Å². The maximum absolute atomic E-state index is 11.9. The summed E-state index contributed by atoms with van der Waals surface area (Å²) in [6.07, 6.45) is 6.32. The van der Waals surface area contributed by atoms with Crippen LogP contribution in [0.5, 0.6) is 5.75 Å². The Kier molecular flexibility index (Phi) is 6.09. The molecule has 0 saturated carbocycles. The highest BCUT2D eigenvalue weighted by Crippen LogP contribution is 2.31. The highest BCUT2D eigenvalue weighted by Gasteiger charge is 2.19. The lowest BCUT2D eigenvalue weighted by Gasteiger charge is -2.23. The zero-order valence-corrected chi connectivity index (χ0v) is 18.5. The minimum atomic E-state index is -0.496. The van der Waals surface area contributed by atoms with Crippen LogP contribution in [0.3, 0.4) is 0 Å². The van der Waals surface area contributed by atoms with Crippen molar-refractivity contribution in [2.24, 2.45) is 5.73 Å². The average Bonchev–Trinajstić information content (AvgIpc) is 3.27. The summed E-state index contributed by atoms with van der Waals surface area (Å²) in [5, 5.41) is 4.66. The molecular weight excluding hydrogens is 412 g/mol. The molecule has 1 aliphatic rings. The Balaban J connectivity index is 1.41. The minimum absolute atomic E-state index is 0.373. The molecule has 2 aromatic heterocycles. The van der Waals surface area contributed by atoms with E-state index < -0.39 is 5.91 Å². The predicted molar refractivity (Wildman–Crippen MR) is 129 cm³/mol. The number of hydrogen-bond acceptors (Lipinski definition) is 4. The van der Waals surface area contributed by atoms with Gasteiger partial charge >= 0.3 is 0 Å². The highest BCUT2D eigenvalue weighted by molar-refractivity contribution is 5.95. The van der Waals surface area contributed by atoms with Crippen LogP contribution in [0.25, 0.3) is 11.0 Å². The predicted octanol–water partition coefficient (Wildman–Crippen LogP) is 4.23. The van der Waals surface area contributed by atoms with Crippen LogP contribution in [-0.4, -0.2) is 28.5 Å². The summed E-state index contributed by atoms with van der Waals surface area (Å²) in [6.45, 7) is 3.13. The van der Waals surface area contributed by atoms with Gasteiger partial charge in [-0.15, -0.1) is 0 Å². The first-order valence-electron chi connectivity index (χ1n) is 11.4. The smallest absolute Gasteiger partial charge is 0.252 e. The summed E-state index contributed by atoms with van der Waals surface area (Å²) >= 11 is 0. The topological polar surface area (TPSA) is 82.2 Å². The SMILES string of the molecule is NC(=O)c1ccc(Cn2ccc3c(C4CCNCC4)ccnc32)cc1OCc1ccccc1. The van der Waals surface area contributed by atoms with Crippen molar-refractivity contribution in [3.63, 3.8) is 0 Å². The molecule has 168 valence electrons. The molecule has 1 amide bonds. The molecule has 0 spiro atoms. The van der Waals surface area contributed by atoms with E-state index in [1.165, 1.54) is 10.9 Å². The summed E-state index contributed by atoms with van der Waals surface area (Å²) in [7, 11) is 0. The third kappa shape index (κ3) is 4.61. The molecule has 3 N–H and O–H groups in total. The number of pyridine rings is 1. The average molecular weight is 441 g/mol. The molecule has 1 saturated heterocycles. The Morgan fingerprint density at radius 3 is 2.67 bits per heavy atom. The van der Waals surface area contributed by atoms with Gasteiger partial charge in [-0.2, -0.15) is 0 Å². The van der Waals surface area contributed by atoms with Crippen LogP contribution in [0, 0.1) is 0 Å². The molecule has 0 bridgehead atoms. The molecule has 33 heavy (non-hydrogen) atoms. The molecule has 4 aromatic rings. The molecular formula is C27H28N4O2. The van der Waals surface area contributed by atoms with Crippen LogP contribution in [0.15, 0.2) is 73.1 Å². The van der Waals surface area contributed by atoms with Gasteiger partial charge in [0.25, 0.3) is 5.91 Å². The van der Waals surface area contributed by atoms with Gasteiger partial charge in [-0.05, 0) is 72.8 Å². The first kappa shape index (κ1) is 21.2. The highest BCUT2D eigenvalue weighted by atomic mass is 16.5. The largest absolute Gasteiger partial charge is 0.488 e. The Labute approximate surface area is 193 Å². The Morgan fingerprint density at radius 2 is 1.88 bits per heavy atom.